The van der Waals surface area contributed by atoms with E-state index in [2.05, 4.69) is 24.5 Å². The number of carbonyl (C=O) groups excluding carboxylic acids is 2. The molecule has 0 aliphatic carbocycles. The van der Waals surface area contributed by atoms with Crippen LogP contribution in [0.4, 0.5) is 4.79 Å². The van der Waals surface area contributed by atoms with Gasteiger partial charge >= 0.3 is 6.09 Å². The molecule has 3 rings (SSSR count). The lowest BCUT2D eigenvalue weighted by Gasteiger charge is -2.24. The second kappa shape index (κ2) is 14.4. The monoisotopic (exact) mass is 498 g/mol. The van der Waals surface area contributed by atoms with Crippen LogP contribution in [0.1, 0.15) is 37.4 Å². The Hall–Kier alpha value is -2.97. The molecule has 2 unspecified atom stereocenters. The third-order valence-electron chi connectivity index (χ3n) is 5.35. The summed E-state index contributed by atoms with van der Waals surface area (Å²) in [5.41, 5.74) is 1.08. The van der Waals surface area contributed by atoms with Crippen LogP contribution in [0.3, 0.4) is 0 Å². The third kappa shape index (κ3) is 10.0. The molecular weight excluding hydrogens is 464 g/mol. The van der Waals surface area contributed by atoms with Gasteiger partial charge in [-0.25, -0.2) is 4.79 Å². The first kappa shape index (κ1) is 26.6. The highest BCUT2D eigenvalue weighted by Crippen LogP contribution is 2.15. The molecule has 188 valence electrons. The topological polar surface area (TPSA) is 93.7 Å². The van der Waals surface area contributed by atoms with Gasteiger partial charge in [-0.1, -0.05) is 44.2 Å². The minimum absolute atomic E-state index is 0.0721. The van der Waals surface area contributed by atoms with Crippen LogP contribution in [0.15, 0.2) is 76.0 Å². The zero-order chi connectivity index (χ0) is 24.9. The van der Waals surface area contributed by atoms with Crippen molar-refractivity contribution in [1.82, 2.24) is 10.6 Å². The lowest BCUT2D eigenvalue weighted by molar-refractivity contribution is -0.118. The van der Waals surface area contributed by atoms with E-state index in [0.29, 0.717) is 36.1 Å². The number of ether oxygens (including phenoxy) is 1. The summed E-state index contributed by atoms with van der Waals surface area (Å²) < 4.78 is 15.9. The summed E-state index contributed by atoms with van der Waals surface area (Å²) in [6, 6.07) is 16.7. The molecule has 0 spiro atoms. The van der Waals surface area contributed by atoms with Crippen LogP contribution in [0.5, 0.6) is 0 Å². The Morgan fingerprint density at radius 2 is 1.69 bits per heavy atom. The second-order valence-corrected chi connectivity index (χ2v) is 9.80. The van der Waals surface area contributed by atoms with Crippen LogP contribution in [-0.4, -0.2) is 36.3 Å². The number of hydrogen-bond donors (Lipinski definition) is 2. The molecule has 8 heteroatoms. The third-order valence-corrected chi connectivity index (χ3v) is 6.33. The summed E-state index contributed by atoms with van der Waals surface area (Å²) in [7, 11) is 0. The number of alkyl carbamates (subject to hydrolysis) is 1. The minimum atomic E-state index is -0.506. The van der Waals surface area contributed by atoms with Crippen LogP contribution in [0.2, 0.25) is 0 Å². The van der Waals surface area contributed by atoms with Crippen LogP contribution >= 0.6 is 11.8 Å². The molecule has 2 N–H and O–H groups in total. The van der Waals surface area contributed by atoms with Crippen molar-refractivity contribution in [3.05, 3.63) is 84.2 Å². The largest absolute Gasteiger partial charge is 0.468 e. The first-order chi connectivity index (χ1) is 17.0. The van der Waals surface area contributed by atoms with Crippen molar-refractivity contribution < 1.29 is 23.2 Å². The second-order valence-electron chi connectivity index (χ2n) is 8.82. The Morgan fingerprint density at radius 3 is 2.34 bits per heavy atom. The van der Waals surface area contributed by atoms with Crippen LogP contribution in [0.25, 0.3) is 0 Å². The predicted molar refractivity (Wildman–Crippen MR) is 137 cm³/mol. The average molecular weight is 499 g/mol. The molecule has 0 bridgehead atoms. The molecular formula is C27H34N2O5S. The van der Waals surface area contributed by atoms with Gasteiger partial charge in [0.2, 0.25) is 0 Å². The molecule has 3 aromatic rings. The number of benzene rings is 1. The zero-order valence-corrected chi connectivity index (χ0v) is 21.1. The summed E-state index contributed by atoms with van der Waals surface area (Å²) in [5.74, 6) is 2.94. The summed E-state index contributed by atoms with van der Waals surface area (Å²) in [6.07, 6.45) is 4.01. The number of hydrogen-bond acceptors (Lipinski definition) is 7. The molecule has 1 amide bonds. The highest BCUT2D eigenvalue weighted by molar-refractivity contribution is 7.99. The van der Waals surface area contributed by atoms with E-state index < -0.39 is 6.09 Å². The Labute approximate surface area is 211 Å². The molecule has 35 heavy (non-hydrogen) atoms. The van der Waals surface area contributed by atoms with Gasteiger partial charge in [-0.3, -0.25) is 4.79 Å². The van der Waals surface area contributed by atoms with Gasteiger partial charge < -0.3 is 24.2 Å². The highest BCUT2D eigenvalue weighted by atomic mass is 32.2. The van der Waals surface area contributed by atoms with Crippen molar-refractivity contribution in [2.24, 2.45) is 5.92 Å². The standard InChI is InChI=1S/C27H34N2O5S/c1-20(2)14-22(29-27(31)34-17-23-10-6-12-32-23)16-28-25(15-21-8-4-3-5-9-21)26(30)19-35-18-24-11-7-13-33-24/h3-13,20,22,25,28H,14-19H2,1-2H3,(H,29,31). The molecule has 0 radical (unpaired) electrons. The molecule has 0 fully saturated rings. The van der Waals surface area contributed by atoms with Gasteiger partial charge in [0, 0.05) is 12.6 Å². The van der Waals surface area contributed by atoms with E-state index in [1.165, 1.54) is 11.8 Å². The van der Waals surface area contributed by atoms with E-state index >= 15 is 0 Å². The minimum Gasteiger partial charge on any atom is -0.468 e. The van der Waals surface area contributed by atoms with Crippen molar-refractivity contribution in [2.45, 2.75) is 51.1 Å². The summed E-state index contributed by atoms with van der Waals surface area (Å²) in [4.78, 5) is 25.5. The maximum Gasteiger partial charge on any atom is 0.407 e. The number of carbonyl (C=O) groups is 2. The molecule has 0 saturated heterocycles. The molecule has 7 nitrogen and oxygen atoms in total. The number of thioether (sulfide) groups is 1. The lowest BCUT2D eigenvalue weighted by atomic mass is 10.0. The van der Waals surface area contributed by atoms with Gasteiger partial charge in [0.25, 0.3) is 0 Å². The SMILES string of the molecule is CC(C)CC(CNC(Cc1ccccc1)C(=O)CSCc1ccco1)NC(=O)OCc1ccco1. The summed E-state index contributed by atoms with van der Waals surface area (Å²) >= 11 is 1.54. The van der Waals surface area contributed by atoms with Gasteiger partial charge in [-0.15, -0.1) is 11.8 Å². The number of nitrogens with one attached hydrogen (secondary N) is 2. The molecule has 2 heterocycles. The first-order valence-electron chi connectivity index (χ1n) is 11.9. The number of amides is 1. The Morgan fingerprint density at radius 1 is 0.971 bits per heavy atom. The molecule has 0 aliphatic heterocycles. The Balaban J connectivity index is 1.56. The van der Waals surface area contributed by atoms with E-state index in [0.717, 1.165) is 17.7 Å². The molecule has 0 aliphatic rings. The van der Waals surface area contributed by atoms with Crippen LogP contribution in [0, 0.1) is 5.92 Å². The van der Waals surface area contributed by atoms with Crippen LogP contribution < -0.4 is 10.6 Å². The fraction of sp³-hybridized carbons (Fsp3) is 0.407. The van der Waals surface area contributed by atoms with E-state index in [-0.39, 0.29) is 24.5 Å². The first-order valence-corrected chi connectivity index (χ1v) is 13.0. The van der Waals surface area contributed by atoms with Crippen molar-refractivity contribution in [3.8, 4) is 0 Å². The molecule has 0 saturated carbocycles. The van der Waals surface area contributed by atoms with Crippen molar-refractivity contribution in [3.63, 3.8) is 0 Å². The van der Waals surface area contributed by atoms with Crippen molar-refractivity contribution >= 4 is 23.6 Å². The van der Waals surface area contributed by atoms with Crippen LogP contribution in [-0.2, 0) is 28.3 Å². The molecule has 2 aromatic heterocycles. The number of furan rings is 2. The fourth-order valence-electron chi connectivity index (χ4n) is 3.68. The maximum absolute atomic E-state index is 13.1. The van der Waals surface area contributed by atoms with E-state index in [4.69, 9.17) is 13.6 Å². The fourth-order valence-corrected chi connectivity index (χ4v) is 4.55. The summed E-state index contributed by atoms with van der Waals surface area (Å²) in [6.45, 7) is 4.73. The average Bonchev–Trinajstić information content (AvgIpc) is 3.55. The van der Waals surface area contributed by atoms with Gasteiger partial charge in [0.05, 0.1) is 30.1 Å². The lowest BCUT2D eigenvalue weighted by Crippen LogP contribution is -2.48. The van der Waals surface area contributed by atoms with E-state index in [1.54, 1.807) is 24.7 Å². The Bertz CT molecular complexity index is 990. The molecule has 1 aromatic carbocycles. The van der Waals surface area contributed by atoms with Crippen molar-refractivity contribution in [2.75, 3.05) is 12.3 Å². The normalized spacial score (nSPS) is 12.9. The van der Waals surface area contributed by atoms with E-state index in [9.17, 15) is 9.59 Å². The number of rotatable bonds is 15. The quantitative estimate of drug-likeness (QED) is 0.297. The highest BCUT2D eigenvalue weighted by Gasteiger charge is 2.22. The van der Waals surface area contributed by atoms with Gasteiger partial charge in [-0.2, -0.15) is 0 Å². The van der Waals surface area contributed by atoms with Gasteiger partial charge in [-0.05, 0) is 48.6 Å². The maximum atomic E-state index is 13.1. The molecule has 2 atom stereocenters. The van der Waals surface area contributed by atoms with E-state index in [1.807, 2.05) is 42.5 Å². The number of ketones is 1. The predicted octanol–water partition coefficient (Wildman–Crippen LogP) is 5.22. The van der Waals surface area contributed by atoms with Gasteiger partial charge in [0.1, 0.15) is 11.5 Å². The van der Waals surface area contributed by atoms with Gasteiger partial charge in [0.15, 0.2) is 12.4 Å². The van der Waals surface area contributed by atoms with Crippen molar-refractivity contribution in [1.29, 1.82) is 0 Å². The number of Topliss-reactive ketones (excluding diaryl/α,β-unsaturated/α-hetero) is 1. The zero-order valence-electron chi connectivity index (χ0n) is 20.3. The summed E-state index contributed by atoms with van der Waals surface area (Å²) in [5, 5.41) is 6.35. The smallest absolute Gasteiger partial charge is 0.407 e. The Kier molecular flexibility index (Phi) is 11.0.